The normalized spacial score (nSPS) is 18.1. The fourth-order valence-corrected chi connectivity index (χ4v) is 4.16. The van der Waals surface area contributed by atoms with Crippen LogP contribution in [-0.2, 0) is 9.59 Å². The molecule has 0 bridgehead atoms. The Balaban J connectivity index is 1.73. The van der Waals surface area contributed by atoms with Crippen molar-refractivity contribution < 1.29 is 9.59 Å². The van der Waals surface area contributed by atoms with Crippen LogP contribution in [0.1, 0.15) is 46.2 Å². The van der Waals surface area contributed by atoms with Crippen LogP contribution < -0.4 is 16.0 Å². The number of para-hydroxylation sites is 1. The third kappa shape index (κ3) is 5.93. The summed E-state index contributed by atoms with van der Waals surface area (Å²) < 4.78 is 1.90. The zero-order valence-corrected chi connectivity index (χ0v) is 20.7. The molecule has 1 saturated heterocycles. The van der Waals surface area contributed by atoms with Gasteiger partial charge in [0, 0.05) is 25.2 Å². The van der Waals surface area contributed by atoms with E-state index in [2.05, 4.69) is 21.0 Å². The van der Waals surface area contributed by atoms with Crippen molar-refractivity contribution in [2.24, 2.45) is 5.41 Å². The summed E-state index contributed by atoms with van der Waals surface area (Å²) in [6.07, 6.45) is 1.88. The maximum absolute atomic E-state index is 13.6. The first-order valence-electron chi connectivity index (χ1n) is 11.8. The third-order valence-corrected chi connectivity index (χ3v) is 6.24. The Morgan fingerprint density at radius 1 is 1.21 bits per heavy atom. The van der Waals surface area contributed by atoms with Crippen molar-refractivity contribution in [3.05, 3.63) is 42.1 Å². The number of rotatable bonds is 8. The van der Waals surface area contributed by atoms with E-state index in [1.807, 2.05) is 73.7 Å². The molecule has 0 unspecified atom stereocenters. The lowest BCUT2D eigenvalue weighted by atomic mass is 9.85. The molecule has 1 aliphatic rings. The number of anilines is 1. The highest BCUT2D eigenvalue weighted by Gasteiger charge is 2.40. The van der Waals surface area contributed by atoms with E-state index in [9.17, 15) is 9.59 Å². The van der Waals surface area contributed by atoms with Crippen LogP contribution in [0.2, 0.25) is 0 Å². The predicted molar refractivity (Wildman–Crippen MR) is 131 cm³/mol. The number of likely N-dealkylation sites (tertiary alicyclic amines) is 1. The highest BCUT2D eigenvalue weighted by atomic mass is 16.2. The zero-order valence-electron chi connectivity index (χ0n) is 20.7. The van der Waals surface area contributed by atoms with Gasteiger partial charge >= 0.3 is 0 Å². The molecule has 0 spiro atoms. The standard InChI is InChI=1S/C25H38N6O2/c1-17-15-21(31(29-17)19-11-8-7-9-12-19)27-16-20-13-10-14-30(20)24(33)22(25(3,4)5)28-23(32)18(2)26-6/h7-9,11-12,15,18,20,22,26-27H,10,13-14,16H2,1-6H3,(H,28,32)/t18-,20-,22+/m0/s1. The topological polar surface area (TPSA) is 91.3 Å². The monoisotopic (exact) mass is 454 g/mol. The average Bonchev–Trinajstić information content (AvgIpc) is 3.40. The molecule has 2 heterocycles. The van der Waals surface area contributed by atoms with Gasteiger partial charge in [-0.2, -0.15) is 5.10 Å². The SMILES string of the molecule is CN[C@@H](C)C(=O)N[C@H](C(=O)N1CCC[C@H]1CNc1cc(C)nn1-c1ccccc1)C(C)(C)C. The van der Waals surface area contributed by atoms with E-state index >= 15 is 0 Å². The molecule has 1 aromatic heterocycles. The Morgan fingerprint density at radius 3 is 2.55 bits per heavy atom. The lowest BCUT2D eigenvalue weighted by molar-refractivity contribution is -0.140. The van der Waals surface area contributed by atoms with Gasteiger partial charge in [0.15, 0.2) is 0 Å². The fourth-order valence-electron chi connectivity index (χ4n) is 4.16. The lowest BCUT2D eigenvalue weighted by Crippen LogP contribution is -2.58. The van der Waals surface area contributed by atoms with E-state index < -0.39 is 11.5 Å². The summed E-state index contributed by atoms with van der Waals surface area (Å²) in [5, 5.41) is 14.1. The van der Waals surface area contributed by atoms with Gasteiger partial charge in [0.2, 0.25) is 11.8 Å². The van der Waals surface area contributed by atoms with Gasteiger partial charge in [-0.05, 0) is 51.3 Å². The minimum absolute atomic E-state index is 0.0174. The first-order chi connectivity index (χ1) is 15.6. The van der Waals surface area contributed by atoms with E-state index in [4.69, 9.17) is 0 Å². The first-order valence-corrected chi connectivity index (χ1v) is 11.8. The smallest absolute Gasteiger partial charge is 0.246 e. The number of hydrogen-bond acceptors (Lipinski definition) is 5. The van der Waals surface area contributed by atoms with Gasteiger partial charge in [-0.25, -0.2) is 4.68 Å². The maximum atomic E-state index is 13.6. The number of carbonyl (C=O) groups excluding carboxylic acids is 2. The summed E-state index contributed by atoms with van der Waals surface area (Å²) in [7, 11) is 1.74. The van der Waals surface area contributed by atoms with Crippen LogP contribution in [0.3, 0.4) is 0 Å². The molecule has 3 atom stereocenters. The molecule has 33 heavy (non-hydrogen) atoms. The lowest BCUT2D eigenvalue weighted by Gasteiger charge is -2.36. The second kappa shape index (κ2) is 10.4. The Morgan fingerprint density at radius 2 is 1.91 bits per heavy atom. The zero-order chi connectivity index (χ0) is 24.2. The number of nitrogens with one attached hydrogen (secondary N) is 3. The van der Waals surface area contributed by atoms with Crippen LogP contribution in [0.25, 0.3) is 5.69 Å². The van der Waals surface area contributed by atoms with Crippen molar-refractivity contribution in [3.63, 3.8) is 0 Å². The molecule has 0 aliphatic carbocycles. The van der Waals surface area contributed by atoms with E-state index in [0.29, 0.717) is 13.1 Å². The summed E-state index contributed by atoms with van der Waals surface area (Å²) in [6, 6.07) is 11.1. The molecule has 1 fully saturated rings. The van der Waals surface area contributed by atoms with Gasteiger partial charge in [0.05, 0.1) is 17.4 Å². The van der Waals surface area contributed by atoms with Crippen LogP contribution in [0.15, 0.2) is 36.4 Å². The van der Waals surface area contributed by atoms with Crippen LogP contribution in [-0.4, -0.2) is 64.8 Å². The molecule has 1 aromatic carbocycles. The predicted octanol–water partition coefficient (Wildman–Crippen LogP) is 2.72. The largest absolute Gasteiger partial charge is 0.368 e. The molecular weight excluding hydrogens is 416 g/mol. The van der Waals surface area contributed by atoms with Crippen molar-refractivity contribution in [1.29, 1.82) is 0 Å². The molecule has 180 valence electrons. The van der Waals surface area contributed by atoms with Crippen molar-refractivity contribution in [1.82, 2.24) is 25.3 Å². The minimum Gasteiger partial charge on any atom is -0.368 e. The maximum Gasteiger partial charge on any atom is 0.246 e. The first kappa shape index (κ1) is 24.8. The second-order valence-electron chi connectivity index (χ2n) is 9.94. The molecule has 8 nitrogen and oxygen atoms in total. The van der Waals surface area contributed by atoms with Crippen molar-refractivity contribution in [2.45, 2.75) is 65.6 Å². The summed E-state index contributed by atoms with van der Waals surface area (Å²) in [5.41, 5.74) is 1.51. The average molecular weight is 455 g/mol. The van der Waals surface area contributed by atoms with E-state index in [1.54, 1.807) is 14.0 Å². The Hall–Kier alpha value is -2.87. The summed E-state index contributed by atoms with van der Waals surface area (Å²) in [5.74, 6) is 0.722. The van der Waals surface area contributed by atoms with E-state index in [1.165, 1.54) is 0 Å². The molecular formula is C25H38N6O2. The molecule has 3 rings (SSSR count). The summed E-state index contributed by atoms with van der Waals surface area (Å²) in [4.78, 5) is 28.1. The van der Waals surface area contributed by atoms with Crippen LogP contribution in [0.4, 0.5) is 5.82 Å². The summed E-state index contributed by atoms with van der Waals surface area (Å²) in [6.45, 7) is 11.1. The number of likely N-dealkylation sites (N-methyl/N-ethyl adjacent to an activating group) is 1. The molecule has 0 radical (unpaired) electrons. The Bertz CT molecular complexity index is 950. The Labute approximate surface area is 197 Å². The fraction of sp³-hybridized carbons (Fsp3) is 0.560. The van der Waals surface area contributed by atoms with Gasteiger partial charge in [-0.1, -0.05) is 39.0 Å². The molecule has 2 aromatic rings. The highest BCUT2D eigenvalue weighted by Crippen LogP contribution is 2.26. The van der Waals surface area contributed by atoms with Crippen LogP contribution >= 0.6 is 0 Å². The third-order valence-electron chi connectivity index (χ3n) is 6.24. The highest BCUT2D eigenvalue weighted by molar-refractivity contribution is 5.90. The van der Waals surface area contributed by atoms with Crippen molar-refractivity contribution in [3.8, 4) is 5.69 Å². The van der Waals surface area contributed by atoms with E-state index in [-0.39, 0.29) is 23.9 Å². The van der Waals surface area contributed by atoms with Crippen LogP contribution in [0.5, 0.6) is 0 Å². The molecule has 0 saturated carbocycles. The molecule has 2 amide bonds. The molecule has 8 heteroatoms. The number of hydrogen-bond donors (Lipinski definition) is 3. The van der Waals surface area contributed by atoms with Gasteiger partial charge in [-0.3, -0.25) is 9.59 Å². The minimum atomic E-state index is -0.585. The van der Waals surface area contributed by atoms with Crippen molar-refractivity contribution in [2.75, 3.05) is 25.5 Å². The second-order valence-corrected chi connectivity index (χ2v) is 9.94. The van der Waals surface area contributed by atoms with Gasteiger partial charge < -0.3 is 20.9 Å². The van der Waals surface area contributed by atoms with Gasteiger partial charge in [0.1, 0.15) is 11.9 Å². The van der Waals surface area contributed by atoms with E-state index in [0.717, 1.165) is 30.0 Å². The number of nitrogens with zero attached hydrogens (tertiary/aromatic N) is 3. The quantitative estimate of drug-likeness (QED) is 0.571. The number of aromatic nitrogens is 2. The number of carbonyl (C=O) groups is 2. The summed E-state index contributed by atoms with van der Waals surface area (Å²) >= 11 is 0. The number of amides is 2. The van der Waals surface area contributed by atoms with Crippen LogP contribution in [0, 0.1) is 12.3 Å². The Kier molecular flexibility index (Phi) is 7.79. The van der Waals surface area contributed by atoms with Crippen molar-refractivity contribution >= 4 is 17.6 Å². The molecule has 3 N–H and O–H groups in total. The van der Waals surface area contributed by atoms with Gasteiger partial charge in [-0.15, -0.1) is 0 Å². The van der Waals surface area contributed by atoms with Gasteiger partial charge in [0.25, 0.3) is 0 Å². The molecule has 1 aliphatic heterocycles. The number of benzene rings is 1. The number of aryl methyl sites for hydroxylation is 1.